The molecule has 67 heavy (non-hydrogen) atoms. The number of nitriles is 5. The number of hydrogen-bond acceptors (Lipinski definition) is 22. The molecule has 0 heterocycles. The number of ether oxygens (including phenoxy) is 2. The topological polar surface area (TPSA) is 276 Å². The first-order valence-electron chi connectivity index (χ1n) is 20.9. The molecule has 0 amide bonds. The van der Waals surface area contributed by atoms with Crippen LogP contribution in [0.15, 0.2) is 0 Å². The third kappa shape index (κ3) is 38.5. The van der Waals surface area contributed by atoms with Crippen LogP contribution in [-0.2, 0) is 75.9 Å². The average molecular weight is 1070 g/mol. The number of nitrogens with zero attached hydrogens (tertiary/aromatic N) is 5. The third-order valence-electron chi connectivity index (χ3n) is 9.36. The van der Waals surface area contributed by atoms with Gasteiger partial charge in [-0.3, -0.25) is 0 Å². The molecule has 0 saturated heterocycles. The summed E-state index contributed by atoms with van der Waals surface area (Å²) in [7, 11) is 11.4. The van der Waals surface area contributed by atoms with E-state index in [1.165, 1.54) is 0 Å². The SMILES string of the molecule is CO[Si](CC(C)C#N)(OC)OC.CO[Si](CCCCC#N)(OC)OC.CO[Si](CCCCCC#N)(OC)OC.CO[Si](CCOCC#N)(OC)OC.CO[Si](CCOCCC#N)(OC)OC.[SiH4]. The molecule has 0 rings (SSSR count). The van der Waals surface area contributed by atoms with Gasteiger partial charge in [0.1, 0.15) is 6.61 Å². The largest absolute Gasteiger partial charge is 0.502 e. The van der Waals surface area contributed by atoms with Crippen LogP contribution in [0.5, 0.6) is 0 Å². The van der Waals surface area contributed by atoms with E-state index in [-0.39, 0.29) is 23.5 Å². The van der Waals surface area contributed by atoms with Crippen molar-refractivity contribution in [3.8, 4) is 30.3 Å². The molecule has 28 heteroatoms. The highest BCUT2D eigenvalue weighted by Crippen LogP contribution is 2.20. The molecule has 0 aromatic heterocycles. The van der Waals surface area contributed by atoms with Gasteiger partial charge in [0.2, 0.25) is 0 Å². The highest BCUT2D eigenvalue weighted by atomic mass is 28.4. The van der Waals surface area contributed by atoms with Crippen LogP contribution in [0.2, 0.25) is 30.2 Å². The zero-order valence-electron chi connectivity index (χ0n) is 42.8. The monoisotopic (exact) mass is 1070 g/mol. The summed E-state index contributed by atoms with van der Waals surface area (Å²) in [5, 5.41) is 41.8. The van der Waals surface area contributed by atoms with E-state index in [0.717, 1.165) is 44.2 Å². The Morgan fingerprint density at radius 2 is 0.642 bits per heavy atom. The van der Waals surface area contributed by atoms with Crippen LogP contribution in [0.3, 0.4) is 0 Å². The second-order valence-electron chi connectivity index (χ2n) is 13.0. The van der Waals surface area contributed by atoms with Gasteiger partial charge in [-0.2, -0.15) is 26.3 Å². The molecule has 0 bridgehead atoms. The summed E-state index contributed by atoms with van der Waals surface area (Å²) in [6.45, 7) is 3.25. The first-order valence-corrected chi connectivity index (χ1v) is 30.6. The summed E-state index contributed by atoms with van der Waals surface area (Å²) >= 11 is 0. The van der Waals surface area contributed by atoms with Crippen LogP contribution in [-0.4, -0.2) is 188 Å². The predicted octanol–water partition coefficient (Wildman–Crippen LogP) is 4.28. The van der Waals surface area contributed by atoms with Gasteiger partial charge in [-0.15, -0.1) is 0 Å². The summed E-state index contributed by atoms with van der Waals surface area (Å²) in [6.07, 6.45) is 6.36. The molecular weight excluding hydrogens is 979 g/mol. The Morgan fingerprint density at radius 3 is 0.940 bits per heavy atom. The maximum Gasteiger partial charge on any atom is 0.502 e. The molecule has 0 aliphatic rings. The van der Waals surface area contributed by atoms with Crippen molar-refractivity contribution in [1.29, 1.82) is 26.3 Å². The van der Waals surface area contributed by atoms with Crippen molar-refractivity contribution in [3.63, 3.8) is 0 Å². The van der Waals surface area contributed by atoms with Crippen LogP contribution in [0, 0.1) is 62.6 Å². The third-order valence-corrected chi connectivity index (χ3v) is 23.4. The minimum atomic E-state index is -2.52. The maximum absolute atomic E-state index is 8.59. The molecule has 0 aromatic rings. The first kappa shape index (κ1) is 76.6. The lowest BCUT2D eigenvalue weighted by molar-refractivity contribution is 0.0970. The fourth-order valence-electron chi connectivity index (χ4n) is 5.15. The van der Waals surface area contributed by atoms with Crippen LogP contribution >= 0.6 is 0 Å². The molecule has 0 radical (unpaired) electrons. The molecule has 394 valence electrons. The average Bonchev–Trinajstić information content (AvgIpc) is 3.37. The summed E-state index contributed by atoms with van der Waals surface area (Å²) in [4.78, 5) is 0. The Balaban J connectivity index is -0.000000173. The van der Waals surface area contributed by atoms with Crippen molar-refractivity contribution in [2.75, 3.05) is 133 Å². The minimum absolute atomic E-state index is 0. The van der Waals surface area contributed by atoms with E-state index in [4.69, 9.17) is 102 Å². The van der Waals surface area contributed by atoms with Crippen LogP contribution < -0.4 is 0 Å². The zero-order chi connectivity index (χ0) is 51.7. The Labute approximate surface area is 413 Å². The molecule has 0 fully saturated rings. The van der Waals surface area contributed by atoms with Gasteiger partial charge in [-0.1, -0.05) is 6.42 Å². The minimum Gasteiger partial charge on any atom is -0.380 e. The normalized spacial score (nSPS) is 11.6. The van der Waals surface area contributed by atoms with E-state index in [1.807, 2.05) is 19.1 Å². The van der Waals surface area contributed by atoms with Crippen molar-refractivity contribution in [3.05, 3.63) is 0 Å². The number of hydrogen-bond donors (Lipinski definition) is 0. The molecule has 1 unspecified atom stereocenters. The summed E-state index contributed by atoms with van der Waals surface area (Å²) in [5.41, 5.74) is 0. The van der Waals surface area contributed by atoms with E-state index in [2.05, 4.69) is 18.2 Å². The zero-order valence-corrected chi connectivity index (χ0v) is 47.8. The first-order chi connectivity index (χ1) is 31.6. The van der Waals surface area contributed by atoms with Gasteiger partial charge in [-0.05, 0) is 43.6 Å². The Kier molecular flexibility index (Phi) is 59.3. The van der Waals surface area contributed by atoms with Gasteiger partial charge in [0, 0.05) is 156 Å². The summed E-state index contributed by atoms with van der Waals surface area (Å²) in [6, 6.07) is 13.5. The van der Waals surface area contributed by atoms with Crippen molar-refractivity contribution in [1.82, 2.24) is 0 Å². The lowest BCUT2D eigenvalue weighted by Gasteiger charge is -2.24. The molecule has 0 aliphatic carbocycles. The summed E-state index contributed by atoms with van der Waals surface area (Å²) in [5.74, 6) is -0.100. The van der Waals surface area contributed by atoms with E-state index in [1.54, 1.807) is 107 Å². The van der Waals surface area contributed by atoms with Gasteiger partial charge < -0.3 is 75.9 Å². The molecule has 1 atom stereocenters. The standard InChI is InChI=1S/C9H19NO3Si.C8H17NO4Si.C8H17NO3Si.C7H15NO4Si.C7H15NO3Si.H4Si/c1-11-14(12-2,13-3)9-7-5-4-6-8-10;1-10-14(11-2,12-3)8-7-13-6-4-5-9;1-10-13(11-2,12-3)8-6-4-5-7-9;1-9-13(10-2,11-3)7-6-12-5-4-8;1-7(5-8)6-12(9-2,10-3)11-4;/h4-7,9H2,1-3H3;4,6-8H2,1-3H3;4-6,8H2,1-3H3;5-7H2,1-3H3;7H,6H2,1-4H3;1H4. The highest BCUT2D eigenvalue weighted by molar-refractivity contribution is 6.62. The van der Waals surface area contributed by atoms with E-state index in [9.17, 15) is 0 Å². The highest BCUT2D eigenvalue weighted by Gasteiger charge is 2.40. The number of rotatable bonds is 35. The molecule has 0 N–H and O–H groups in total. The van der Waals surface area contributed by atoms with Crippen molar-refractivity contribution in [2.45, 2.75) is 88.5 Å². The van der Waals surface area contributed by atoms with Gasteiger partial charge in [0.25, 0.3) is 0 Å². The van der Waals surface area contributed by atoms with Gasteiger partial charge in [0.05, 0.1) is 56.6 Å². The predicted molar refractivity (Wildman–Crippen MR) is 265 cm³/mol. The van der Waals surface area contributed by atoms with Crippen LogP contribution in [0.4, 0.5) is 0 Å². The molecule has 0 saturated carbocycles. The van der Waals surface area contributed by atoms with Gasteiger partial charge in [-0.25, -0.2) is 0 Å². The smallest absolute Gasteiger partial charge is 0.380 e. The Bertz CT molecular complexity index is 1190. The Hall–Kier alpha value is -1.93. The van der Waals surface area contributed by atoms with Gasteiger partial charge in [0.15, 0.2) is 0 Å². The lowest BCUT2D eigenvalue weighted by Crippen LogP contribution is -2.43. The Morgan fingerprint density at radius 1 is 0.343 bits per heavy atom. The van der Waals surface area contributed by atoms with Crippen LogP contribution in [0.25, 0.3) is 0 Å². The molecule has 0 spiro atoms. The maximum atomic E-state index is 8.59. The van der Waals surface area contributed by atoms with Crippen molar-refractivity contribution >= 4 is 55.0 Å². The second kappa shape index (κ2) is 51.9. The van der Waals surface area contributed by atoms with E-state index < -0.39 is 44.0 Å². The quantitative estimate of drug-likeness (QED) is 0.0633. The molecule has 22 nitrogen and oxygen atoms in total. The van der Waals surface area contributed by atoms with Crippen molar-refractivity contribution in [2.24, 2.45) is 5.92 Å². The fourth-order valence-corrected chi connectivity index (χ4v) is 13.6. The second-order valence-corrected chi connectivity index (χ2v) is 28.4. The van der Waals surface area contributed by atoms with E-state index in [0.29, 0.717) is 57.2 Å². The molecular formula is C39H87N5O17Si6. The summed E-state index contributed by atoms with van der Waals surface area (Å²) < 4.78 is 88.2. The van der Waals surface area contributed by atoms with E-state index >= 15 is 0 Å². The van der Waals surface area contributed by atoms with Crippen LogP contribution in [0.1, 0.15) is 58.3 Å². The fraction of sp³-hybridized carbons (Fsp3) is 0.872. The van der Waals surface area contributed by atoms with Gasteiger partial charge >= 0.3 is 44.0 Å². The number of unbranched alkanes of at least 4 members (excludes halogenated alkanes) is 5. The van der Waals surface area contributed by atoms with Crippen molar-refractivity contribution < 1.29 is 75.9 Å². The molecule has 0 aliphatic heterocycles. The molecule has 0 aromatic carbocycles. The lowest BCUT2D eigenvalue weighted by atomic mass is 10.2.